The fourth-order valence-electron chi connectivity index (χ4n) is 1.63. The Morgan fingerprint density at radius 3 is 2.94 bits per heavy atom. The van der Waals surface area contributed by atoms with Crippen LogP contribution in [0.1, 0.15) is 18.2 Å². The lowest BCUT2D eigenvalue weighted by Gasteiger charge is -2.12. The van der Waals surface area contributed by atoms with Gasteiger partial charge in [-0.2, -0.15) is 11.3 Å². The minimum absolute atomic E-state index is 0.208. The molecule has 0 aliphatic rings. The number of hydrogen-bond donors (Lipinski definition) is 2. The van der Waals surface area contributed by atoms with E-state index in [-0.39, 0.29) is 5.75 Å². The normalized spacial score (nSPS) is 12.5. The summed E-state index contributed by atoms with van der Waals surface area (Å²) in [6.07, 6.45) is 2.50. The third kappa shape index (κ3) is 3.84. The van der Waals surface area contributed by atoms with Crippen LogP contribution in [0.2, 0.25) is 0 Å². The second-order valence-corrected chi connectivity index (χ2v) is 4.91. The molecule has 4 heteroatoms. The molecular weight excluding hydrogens is 232 g/mol. The number of aromatic nitrogens is 1. The van der Waals surface area contributed by atoms with Gasteiger partial charge in [0.1, 0.15) is 5.75 Å². The largest absolute Gasteiger partial charge is 0.506 e. The third-order valence-electron chi connectivity index (χ3n) is 2.56. The van der Waals surface area contributed by atoms with E-state index in [1.807, 2.05) is 6.07 Å². The molecule has 2 aromatic rings. The van der Waals surface area contributed by atoms with Gasteiger partial charge < -0.3 is 10.4 Å². The lowest BCUT2D eigenvalue weighted by atomic mass is 10.1. The summed E-state index contributed by atoms with van der Waals surface area (Å²) in [4.78, 5) is 4.14. The van der Waals surface area contributed by atoms with Crippen molar-refractivity contribution < 1.29 is 5.11 Å². The Labute approximate surface area is 105 Å². The van der Waals surface area contributed by atoms with Crippen LogP contribution in [0.15, 0.2) is 35.2 Å². The summed E-state index contributed by atoms with van der Waals surface area (Å²) >= 11 is 1.73. The van der Waals surface area contributed by atoms with Gasteiger partial charge in [0, 0.05) is 12.6 Å². The van der Waals surface area contributed by atoms with E-state index >= 15 is 0 Å². The summed E-state index contributed by atoms with van der Waals surface area (Å²) < 4.78 is 0. The van der Waals surface area contributed by atoms with Crippen LogP contribution in [-0.2, 0) is 13.0 Å². The van der Waals surface area contributed by atoms with E-state index in [0.29, 0.717) is 6.04 Å². The number of hydrogen-bond acceptors (Lipinski definition) is 4. The van der Waals surface area contributed by atoms with Crippen molar-refractivity contribution in [2.24, 2.45) is 0 Å². The molecule has 0 amide bonds. The standard InChI is InChI=1S/C13H16N2OS/c1-10(6-11-4-5-17-9-11)14-7-12-2-3-13(16)8-15-12/h2-5,8-10,14,16H,6-7H2,1H3. The van der Waals surface area contributed by atoms with Crippen molar-refractivity contribution in [2.75, 3.05) is 0 Å². The molecule has 2 heterocycles. The molecule has 1 unspecified atom stereocenters. The molecule has 0 aliphatic heterocycles. The van der Waals surface area contributed by atoms with Crippen molar-refractivity contribution >= 4 is 11.3 Å². The zero-order chi connectivity index (χ0) is 12.1. The Hall–Kier alpha value is -1.39. The average molecular weight is 248 g/mol. The highest BCUT2D eigenvalue weighted by Gasteiger charge is 2.04. The first kappa shape index (κ1) is 12.1. The summed E-state index contributed by atoms with van der Waals surface area (Å²) in [5, 5.41) is 16.8. The number of nitrogens with one attached hydrogen (secondary N) is 1. The van der Waals surface area contributed by atoms with Crippen LogP contribution in [0.5, 0.6) is 5.75 Å². The summed E-state index contributed by atoms with van der Waals surface area (Å²) in [7, 11) is 0. The predicted octanol–water partition coefficient (Wildman–Crippen LogP) is 2.57. The zero-order valence-corrected chi connectivity index (χ0v) is 10.6. The Morgan fingerprint density at radius 1 is 1.41 bits per heavy atom. The van der Waals surface area contributed by atoms with Crippen molar-refractivity contribution in [3.8, 4) is 5.75 Å². The molecule has 2 rings (SSSR count). The Balaban J connectivity index is 1.79. The van der Waals surface area contributed by atoms with E-state index in [1.165, 1.54) is 11.8 Å². The maximum absolute atomic E-state index is 9.12. The minimum Gasteiger partial charge on any atom is -0.506 e. The van der Waals surface area contributed by atoms with E-state index in [4.69, 9.17) is 5.11 Å². The van der Waals surface area contributed by atoms with Gasteiger partial charge in [0.05, 0.1) is 11.9 Å². The van der Waals surface area contributed by atoms with E-state index in [0.717, 1.165) is 18.7 Å². The number of rotatable bonds is 5. The number of pyridine rings is 1. The highest BCUT2D eigenvalue weighted by molar-refractivity contribution is 7.07. The fraction of sp³-hybridized carbons (Fsp3) is 0.308. The number of nitrogens with zero attached hydrogens (tertiary/aromatic N) is 1. The second kappa shape index (κ2) is 5.80. The van der Waals surface area contributed by atoms with Gasteiger partial charge in [-0.25, -0.2) is 0 Å². The molecule has 0 radical (unpaired) electrons. The minimum atomic E-state index is 0.208. The van der Waals surface area contributed by atoms with Crippen LogP contribution >= 0.6 is 11.3 Å². The smallest absolute Gasteiger partial charge is 0.133 e. The molecule has 1 atom stereocenters. The SMILES string of the molecule is CC(Cc1ccsc1)NCc1ccc(O)cn1. The zero-order valence-electron chi connectivity index (χ0n) is 9.76. The molecule has 0 saturated carbocycles. The van der Waals surface area contributed by atoms with Crippen LogP contribution in [-0.4, -0.2) is 16.1 Å². The molecule has 17 heavy (non-hydrogen) atoms. The molecule has 3 nitrogen and oxygen atoms in total. The van der Waals surface area contributed by atoms with Gasteiger partial charge in [-0.15, -0.1) is 0 Å². The predicted molar refractivity (Wildman–Crippen MR) is 70.2 cm³/mol. The molecule has 0 aliphatic carbocycles. The van der Waals surface area contributed by atoms with E-state index < -0.39 is 0 Å². The summed E-state index contributed by atoms with van der Waals surface area (Å²) in [6, 6.07) is 6.06. The van der Waals surface area contributed by atoms with Crippen molar-refractivity contribution in [1.82, 2.24) is 10.3 Å². The Bertz CT molecular complexity index is 439. The van der Waals surface area contributed by atoms with Crippen molar-refractivity contribution in [3.63, 3.8) is 0 Å². The highest BCUT2D eigenvalue weighted by Crippen LogP contribution is 2.09. The van der Waals surface area contributed by atoms with Crippen LogP contribution in [0.25, 0.3) is 0 Å². The monoisotopic (exact) mass is 248 g/mol. The van der Waals surface area contributed by atoms with Gasteiger partial charge in [-0.1, -0.05) is 0 Å². The lowest BCUT2D eigenvalue weighted by Crippen LogP contribution is -2.27. The highest BCUT2D eigenvalue weighted by atomic mass is 32.1. The topological polar surface area (TPSA) is 45.1 Å². The summed E-state index contributed by atoms with van der Waals surface area (Å²) in [5.74, 6) is 0.208. The van der Waals surface area contributed by atoms with Crippen LogP contribution in [0, 0.1) is 0 Å². The molecule has 0 bridgehead atoms. The van der Waals surface area contributed by atoms with Crippen molar-refractivity contribution in [1.29, 1.82) is 0 Å². The molecule has 90 valence electrons. The first-order chi connectivity index (χ1) is 8.24. The third-order valence-corrected chi connectivity index (χ3v) is 3.29. The van der Waals surface area contributed by atoms with Gasteiger partial charge in [-0.05, 0) is 47.9 Å². The maximum atomic E-state index is 9.12. The molecule has 2 N–H and O–H groups in total. The van der Waals surface area contributed by atoms with Crippen molar-refractivity contribution in [2.45, 2.75) is 25.9 Å². The van der Waals surface area contributed by atoms with Gasteiger partial charge >= 0.3 is 0 Å². The molecule has 0 saturated heterocycles. The van der Waals surface area contributed by atoms with Gasteiger partial charge in [-0.3, -0.25) is 4.98 Å². The lowest BCUT2D eigenvalue weighted by molar-refractivity contribution is 0.471. The van der Waals surface area contributed by atoms with Crippen LogP contribution in [0.3, 0.4) is 0 Å². The number of thiophene rings is 1. The summed E-state index contributed by atoms with van der Waals surface area (Å²) in [6.45, 7) is 2.89. The van der Waals surface area contributed by atoms with Gasteiger partial charge in [0.25, 0.3) is 0 Å². The van der Waals surface area contributed by atoms with E-state index in [1.54, 1.807) is 17.4 Å². The second-order valence-electron chi connectivity index (χ2n) is 4.13. The molecule has 0 spiro atoms. The number of aromatic hydroxyl groups is 1. The first-order valence-electron chi connectivity index (χ1n) is 5.62. The van der Waals surface area contributed by atoms with Crippen LogP contribution in [0.4, 0.5) is 0 Å². The van der Waals surface area contributed by atoms with Crippen molar-refractivity contribution in [3.05, 3.63) is 46.4 Å². The molecule has 2 aromatic heterocycles. The molecular formula is C13H16N2OS. The first-order valence-corrected chi connectivity index (χ1v) is 6.56. The van der Waals surface area contributed by atoms with E-state index in [9.17, 15) is 0 Å². The maximum Gasteiger partial charge on any atom is 0.133 e. The Morgan fingerprint density at radius 2 is 2.29 bits per heavy atom. The Kier molecular flexibility index (Phi) is 4.12. The van der Waals surface area contributed by atoms with Gasteiger partial charge in [0.15, 0.2) is 0 Å². The summed E-state index contributed by atoms with van der Waals surface area (Å²) in [5.41, 5.74) is 2.31. The molecule has 0 aromatic carbocycles. The fourth-order valence-corrected chi connectivity index (χ4v) is 2.32. The van der Waals surface area contributed by atoms with E-state index in [2.05, 4.69) is 34.1 Å². The average Bonchev–Trinajstić information content (AvgIpc) is 2.81. The van der Waals surface area contributed by atoms with Gasteiger partial charge in [0.2, 0.25) is 0 Å². The van der Waals surface area contributed by atoms with Crippen LogP contribution < -0.4 is 5.32 Å². The molecule has 0 fully saturated rings. The quantitative estimate of drug-likeness (QED) is 0.855.